The van der Waals surface area contributed by atoms with E-state index < -0.39 is 0 Å². The molecule has 0 aromatic carbocycles. The van der Waals surface area contributed by atoms with Gasteiger partial charge in [0.05, 0.1) is 11.8 Å². The molecule has 4 heteroatoms. The Bertz CT molecular complexity index is 226. The highest BCUT2D eigenvalue weighted by Gasteiger charge is 2.23. The SMILES string of the molecule is CCS[C@H]1CCCC[C@@H]1NCCCSCC#N. The zero-order valence-electron chi connectivity index (χ0n) is 10.8. The van der Waals surface area contributed by atoms with Crippen LogP contribution in [0.25, 0.3) is 0 Å². The third kappa shape index (κ3) is 6.59. The molecule has 98 valence electrons. The molecule has 0 heterocycles. The molecule has 2 nitrogen and oxygen atoms in total. The van der Waals surface area contributed by atoms with Gasteiger partial charge in [0, 0.05) is 11.3 Å². The second-order valence-electron chi connectivity index (χ2n) is 4.40. The highest BCUT2D eigenvalue weighted by Crippen LogP contribution is 2.28. The molecule has 17 heavy (non-hydrogen) atoms. The van der Waals surface area contributed by atoms with Gasteiger partial charge in [-0.15, -0.1) is 11.8 Å². The molecule has 0 aliphatic heterocycles. The Balaban J connectivity index is 2.09. The summed E-state index contributed by atoms with van der Waals surface area (Å²) in [7, 11) is 0. The summed E-state index contributed by atoms with van der Waals surface area (Å²) < 4.78 is 0. The average Bonchev–Trinajstić information content (AvgIpc) is 2.36. The minimum atomic E-state index is 0.637. The van der Waals surface area contributed by atoms with Crippen LogP contribution < -0.4 is 5.32 Å². The van der Waals surface area contributed by atoms with E-state index in [1.165, 1.54) is 37.9 Å². The van der Waals surface area contributed by atoms with Crippen molar-refractivity contribution in [3.8, 4) is 6.07 Å². The molecule has 0 aromatic rings. The fourth-order valence-corrected chi connectivity index (χ4v) is 4.13. The third-order valence-corrected chi connectivity index (χ3v) is 5.36. The molecule has 0 aromatic heterocycles. The number of nitrogens with zero attached hydrogens (tertiary/aromatic N) is 1. The summed E-state index contributed by atoms with van der Waals surface area (Å²) >= 11 is 3.87. The lowest BCUT2D eigenvalue weighted by atomic mass is 9.95. The maximum atomic E-state index is 8.43. The van der Waals surface area contributed by atoms with E-state index in [0.717, 1.165) is 23.6 Å². The predicted octanol–water partition coefficient (Wildman–Crippen LogP) is 3.29. The fourth-order valence-electron chi connectivity index (χ4n) is 2.32. The standard InChI is InChI=1S/C13H24N2S2/c1-2-17-13-7-4-3-6-12(13)15-9-5-10-16-11-8-14/h12-13,15H,2-7,9-11H2,1H3/t12-,13-/m0/s1. The summed E-state index contributed by atoms with van der Waals surface area (Å²) in [4.78, 5) is 0. The van der Waals surface area contributed by atoms with Gasteiger partial charge in [0.15, 0.2) is 0 Å². The van der Waals surface area contributed by atoms with E-state index >= 15 is 0 Å². The molecule has 1 rings (SSSR count). The molecule has 0 unspecified atom stereocenters. The summed E-state index contributed by atoms with van der Waals surface area (Å²) in [5.41, 5.74) is 0. The summed E-state index contributed by atoms with van der Waals surface area (Å²) in [5.74, 6) is 2.98. The van der Waals surface area contributed by atoms with Gasteiger partial charge in [0.25, 0.3) is 0 Å². The summed E-state index contributed by atoms with van der Waals surface area (Å²) in [6.07, 6.45) is 6.73. The molecule has 2 atom stereocenters. The van der Waals surface area contributed by atoms with Crippen molar-refractivity contribution < 1.29 is 0 Å². The molecule has 0 saturated heterocycles. The molecule has 1 aliphatic rings. The molecular formula is C13H24N2S2. The minimum absolute atomic E-state index is 0.637. The molecule has 1 N–H and O–H groups in total. The van der Waals surface area contributed by atoms with E-state index in [4.69, 9.17) is 5.26 Å². The quantitative estimate of drug-likeness (QED) is 0.688. The van der Waals surface area contributed by atoms with E-state index in [0.29, 0.717) is 5.75 Å². The molecule has 0 amide bonds. The van der Waals surface area contributed by atoms with Gasteiger partial charge < -0.3 is 5.32 Å². The largest absolute Gasteiger partial charge is 0.313 e. The van der Waals surface area contributed by atoms with Crippen LogP contribution in [0.5, 0.6) is 0 Å². The van der Waals surface area contributed by atoms with Crippen LogP contribution in [0.15, 0.2) is 0 Å². The highest BCUT2D eigenvalue weighted by atomic mass is 32.2. The Kier molecular flexibility index (Phi) is 9.04. The van der Waals surface area contributed by atoms with Crippen LogP contribution in [0.1, 0.15) is 39.0 Å². The number of nitriles is 1. The Labute approximate surface area is 114 Å². The molecule has 0 bridgehead atoms. The van der Waals surface area contributed by atoms with Crippen molar-refractivity contribution in [2.45, 2.75) is 50.3 Å². The number of hydrogen-bond donors (Lipinski definition) is 1. The van der Waals surface area contributed by atoms with Crippen molar-refractivity contribution in [2.24, 2.45) is 0 Å². The summed E-state index contributed by atoms with van der Waals surface area (Å²) in [6.45, 7) is 3.37. The predicted molar refractivity (Wildman–Crippen MR) is 79.7 cm³/mol. The first-order valence-corrected chi connectivity index (χ1v) is 8.88. The topological polar surface area (TPSA) is 35.8 Å². The van der Waals surface area contributed by atoms with Gasteiger partial charge >= 0.3 is 0 Å². The first-order valence-electron chi connectivity index (χ1n) is 6.68. The first kappa shape index (κ1) is 15.2. The van der Waals surface area contributed by atoms with Crippen molar-refractivity contribution in [3.63, 3.8) is 0 Å². The van der Waals surface area contributed by atoms with Gasteiger partial charge in [-0.3, -0.25) is 0 Å². The van der Waals surface area contributed by atoms with Crippen molar-refractivity contribution in [1.29, 1.82) is 5.26 Å². The van der Waals surface area contributed by atoms with Crippen LogP contribution in [0.4, 0.5) is 0 Å². The lowest BCUT2D eigenvalue weighted by molar-refractivity contribution is 0.385. The number of nitrogens with one attached hydrogen (secondary N) is 1. The van der Waals surface area contributed by atoms with Gasteiger partial charge in [-0.1, -0.05) is 19.8 Å². The maximum absolute atomic E-state index is 8.43. The smallest absolute Gasteiger partial charge is 0.0808 e. The van der Waals surface area contributed by atoms with Crippen LogP contribution >= 0.6 is 23.5 Å². The second kappa shape index (κ2) is 10.1. The zero-order valence-corrected chi connectivity index (χ0v) is 12.4. The Morgan fingerprint density at radius 1 is 1.35 bits per heavy atom. The average molecular weight is 272 g/mol. The van der Waals surface area contributed by atoms with E-state index in [9.17, 15) is 0 Å². The van der Waals surface area contributed by atoms with Crippen molar-refractivity contribution >= 4 is 23.5 Å². The van der Waals surface area contributed by atoms with E-state index in [-0.39, 0.29) is 0 Å². The van der Waals surface area contributed by atoms with Gasteiger partial charge in [-0.05, 0) is 37.3 Å². The van der Waals surface area contributed by atoms with E-state index in [2.05, 4.69) is 30.1 Å². The zero-order chi connectivity index (χ0) is 12.3. The monoisotopic (exact) mass is 272 g/mol. The van der Waals surface area contributed by atoms with Crippen LogP contribution in [-0.2, 0) is 0 Å². The van der Waals surface area contributed by atoms with Crippen LogP contribution in [-0.4, -0.2) is 35.1 Å². The van der Waals surface area contributed by atoms with Crippen molar-refractivity contribution in [2.75, 3.05) is 23.8 Å². The van der Waals surface area contributed by atoms with Gasteiger partial charge in [-0.25, -0.2) is 0 Å². The maximum Gasteiger partial charge on any atom is 0.0808 e. The van der Waals surface area contributed by atoms with E-state index in [1.54, 1.807) is 11.8 Å². The Hall–Kier alpha value is 0.150. The van der Waals surface area contributed by atoms with Gasteiger partial charge in [0.2, 0.25) is 0 Å². The lowest BCUT2D eigenvalue weighted by Crippen LogP contribution is -2.41. The fraction of sp³-hybridized carbons (Fsp3) is 0.923. The molecule has 0 spiro atoms. The molecule has 1 aliphatic carbocycles. The minimum Gasteiger partial charge on any atom is -0.313 e. The van der Waals surface area contributed by atoms with Crippen molar-refractivity contribution in [3.05, 3.63) is 0 Å². The molecular weight excluding hydrogens is 248 g/mol. The Morgan fingerprint density at radius 2 is 2.18 bits per heavy atom. The molecule has 1 fully saturated rings. The molecule has 1 saturated carbocycles. The van der Waals surface area contributed by atoms with Gasteiger partial charge in [-0.2, -0.15) is 17.0 Å². The molecule has 0 radical (unpaired) electrons. The van der Waals surface area contributed by atoms with Gasteiger partial charge in [0.1, 0.15) is 0 Å². The second-order valence-corrected chi connectivity index (χ2v) is 7.02. The van der Waals surface area contributed by atoms with Crippen LogP contribution in [0.2, 0.25) is 0 Å². The van der Waals surface area contributed by atoms with Crippen molar-refractivity contribution in [1.82, 2.24) is 5.32 Å². The van der Waals surface area contributed by atoms with Crippen LogP contribution in [0, 0.1) is 11.3 Å². The Morgan fingerprint density at radius 3 is 2.94 bits per heavy atom. The summed E-state index contributed by atoms with van der Waals surface area (Å²) in [6, 6.07) is 2.90. The first-order chi connectivity index (χ1) is 8.38. The number of hydrogen-bond acceptors (Lipinski definition) is 4. The normalized spacial score (nSPS) is 24.5. The number of rotatable bonds is 8. The third-order valence-electron chi connectivity index (χ3n) is 3.12. The lowest BCUT2D eigenvalue weighted by Gasteiger charge is -2.31. The van der Waals surface area contributed by atoms with E-state index in [1.807, 2.05) is 0 Å². The highest BCUT2D eigenvalue weighted by molar-refractivity contribution is 8.00. The van der Waals surface area contributed by atoms with Crippen LogP contribution in [0.3, 0.4) is 0 Å². The summed E-state index contributed by atoms with van der Waals surface area (Å²) in [5, 5.41) is 13.0. The number of thioether (sulfide) groups is 2.